The third-order valence-corrected chi connectivity index (χ3v) is 6.44. The average Bonchev–Trinajstić information content (AvgIpc) is 3.19. The molecule has 1 saturated heterocycles. The lowest BCUT2D eigenvalue weighted by molar-refractivity contribution is 0.394. The molecule has 0 saturated carbocycles. The van der Waals surface area contributed by atoms with E-state index in [0.29, 0.717) is 13.1 Å². The molecule has 0 unspecified atom stereocenters. The normalized spacial score (nSPS) is 18.8. The largest absolute Gasteiger partial charge is 0.357 e. The zero-order valence-corrected chi connectivity index (χ0v) is 19.1. The molecule has 144 valence electrons. The monoisotopic (exact) mass is 500 g/mol. The zero-order valence-electron chi connectivity index (χ0n) is 15.1. The van der Waals surface area contributed by atoms with Gasteiger partial charge in [-0.05, 0) is 37.6 Å². The average molecular weight is 500 g/mol. The minimum atomic E-state index is -3.14. The van der Waals surface area contributed by atoms with Crippen molar-refractivity contribution in [1.29, 1.82) is 0 Å². The van der Waals surface area contributed by atoms with Gasteiger partial charge in [0, 0.05) is 37.6 Å². The first-order valence-corrected chi connectivity index (χ1v) is 11.1. The van der Waals surface area contributed by atoms with Crippen LogP contribution in [0.4, 0.5) is 0 Å². The van der Waals surface area contributed by atoms with Gasteiger partial charge in [-0.25, -0.2) is 8.42 Å². The number of aliphatic imine (C=N–C) groups is 1. The number of nitrogens with zero attached hydrogens (tertiary/aromatic N) is 3. The molecule has 1 atom stereocenters. The number of thiophene rings is 1. The molecule has 9 heteroatoms. The van der Waals surface area contributed by atoms with Gasteiger partial charge >= 0.3 is 0 Å². The summed E-state index contributed by atoms with van der Waals surface area (Å²) in [5, 5.41) is 5.39. The van der Waals surface area contributed by atoms with Crippen molar-refractivity contribution in [3.05, 3.63) is 22.4 Å². The molecule has 2 heterocycles. The summed E-state index contributed by atoms with van der Waals surface area (Å²) in [6.45, 7) is 4.85. The van der Waals surface area contributed by atoms with Crippen LogP contribution in [0.1, 0.15) is 24.6 Å². The van der Waals surface area contributed by atoms with Crippen molar-refractivity contribution in [2.24, 2.45) is 4.99 Å². The van der Waals surface area contributed by atoms with Crippen molar-refractivity contribution in [3.63, 3.8) is 0 Å². The van der Waals surface area contributed by atoms with E-state index in [1.165, 1.54) is 11.1 Å². The molecule has 1 aromatic rings. The van der Waals surface area contributed by atoms with Crippen LogP contribution < -0.4 is 5.32 Å². The van der Waals surface area contributed by atoms with Gasteiger partial charge in [0.25, 0.3) is 0 Å². The molecule has 1 fully saturated rings. The Morgan fingerprint density at radius 2 is 2.28 bits per heavy atom. The van der Waals surface area contributed by atoms with Crippen LogP contribution in [0.15, 0.2) is 22.5 Å². The van der Waals surface area contributed by atoms with E-state index in [-0.39, 0.29) is 30.0 Å². The van der Waals surface area contributed by atoms with Crippen LogP contribution in [-0.4, -0.2) is 69.1 Å². The van der Waals surface area contributed by atoms with Crippen molar-refractivity contribution >= 4 is 51.3 Å². The first-order valence-electron chi connectivity index (χ1n) is 8.40. The first kappa shape index (κ1) is 22.7. The molecule has 2 rings (SSSR count). The zero-order chi connectivity index (χ0) is 17.6. The number of likely N-dealkylation sites (N-methyl/N-ethyl adjacent to an activating group) is 1. The topological polar surface area (TPSA) is 65.0 Å². The number of nitrogens with one attached hydrogen (secondary N) is 1. The predicted molar refractivity (Wildman–Crippen MR) is 117 cm³/mol. The lowest BCUT2D eigenvalue weighted by Gasteiger charge is -2.24. The van der Waals surface area contributed by atoms with E-state index in [2.05, 4.69) is 32.7 Å². The van der Waals surface area contributed by atoms with Crippen molar-refractivity contribution < 1.29 is 8.42 Å². The second-order valence-electron chi connectivity index (χ2n) is 6.12. The Balaban J connectivity index is 0.00000312. The molecular formula is C16H29IN4O2S2. The Labute approximate surface area is 172 Å². The fraction of sp³-hybridized carbons (Fsp3) is 0.688. The molecular weight excluding hydrogens is 471 g/mol. The van der Waals surface area contributed by atoms with Gasteiger partial charge < -0.3 is 10.2 Å². The van der Waals surface area contributed by atoms with Crippen LogP contribution >= 0.6 is 35.3 Å². The Bertz CT molecular complexity index is 635. The fourth-order valence-corrected chi connectivity index (χ4v) is 4.80. The summed E-state index contributed by atoms with van der Waals surface area (Å²) in [4.78, 5) is 8.16. The molecule has 0 radical (unpaired) electrons. The maximum absolute atomic E-state index is 11.8. The maximum atomic E-state index is 11.8. The second kappa shape index (κ2) is 10.7. The second-order valence-corrected chi connectivity index (χ2v) is 9.08. The highest BCUT2D eigenvalue weighted by atomic mass is 127. The molecule has 0 aromatic carbocycles. The fourth-order valence-electron chi connectivity index (χ4n) is 2.93. The SMILES string of the molecule is CCNC(=NC[C@H]1CCCN1S(C)(=O)=O)N(C)CCc1cccs1.I. The highest BCUT2D eigenvalue weighted by Gasteiger charge is 2.31. The van der Waals surface area contributed by atoms with Crippen molar-refractivity contribution in [2.75, 3.05) is 39.5 Å². The summed E-state index contributed by atoms with van der Waals surface area (Å²) in [5.74, 6) is 0.842. The minimum absolute atomic E-state index is 0. The number of hydrogen-bond donors (Lipinski definition) is 1. The van der Waals surface area contributed by atoms with Gasteiger partial charge in [0.05, 0.1) is 12.8 Å². The van der Waals surface area contributed by atoms with Gasteiger partial charge in [0.2, 0.25) is 10.0 Å². The van der Waals surface area contributed by atoms with Crippen LogP contribution in [0.3, 0.4) is 0 Å². The highest BCUT2D eigenvalue weighted by Crippen LogP contribution is 2.20. The van der Waals surface area contributed by atoms with Crippen LogP contribution in [0.2, 0.25) is 0 Å². The predicted octanol–water partition coefficient (Wildman–Crippen LogP) is 2.23. The van der Waals surface area contributed by atoms with Crippen molar-refractivity contribution in [1.82, 2.24) is 14.5 Å². The standard InChI is InChI=1S/C16H28N4O2S2.HI/c1-4-17-16(19(2)11-9-15-8-6-12-23-15)18-13-14-7-5-10-20(14)24(3,21)22;/h6,8,12,14H,4-5,7,9-11,13H2,1-3H3,(H,17,18);1H/t14-;/m1./s1. The number of sulfonamides is 1. The molecule has 1 aliphatic heterocycles. The van der Waals surface area contributed by atoms with Gasteiger partial charge in [-0.3, -0.25) is 4.99 Å². The smallest absolute Gasteiger partial charge is 0.211 e. The van der Waals surface area contributed by atoms with Crippen molar-refractivity contribution in [3.8, 4) is 0 Å². The van der Waals surface area contributed by atoms with E-state index in [1.54, 1.807) is 15.6 Å². The molecule has 25 heavy (non-hydrogen) atoms. The lowest BCUT2D eigenvalue weighted by atomic mass is 10.2. The lowest BCUT2D eigenvalue weighted by Crippen LogP contribution is -2.42. The summed E-state index contributed by atoms with van der Waals surface area (Å²) in [6.07, 6.45) is 4.07. The third-order valence-electron chi connectivity index (χ3n) is 4.17. The van der Waals surface area contributed by atoms with Gasteiger partial charge in [-0.15, -0.1) is 35.3 Å². The molecule has 0 amide bonds. The quantitative estimate of drug-likeness (QED) is 0.355. The highest BCUT2D eigenvalue weighted by molar-refractivity contribution is 14.0. The Kier molecular flexibility index (Phi) is 9.68. The molecule has 1 aromatic heterocycles. The van der Waals surface area contributed by atoms with Crippen molar-refractivity contribution in [2.45, 2.75) is 32.2 Å². The number of halogens is 1. The molecule has 0 bridgehead atoms. The molecule has 1 aliphatic rings. The maximum Gasteiger partial charge on any atom is 0.211 e. The molecule has 6 nitrogen and oxygen atoms in total. The van der Waals surface area contributed by atoms with E-state index in [0.717, 1.165) is 38.3 Å². The molecule has 0 aliphatic carbocycles. The van der Waals surface area contributed by atoms with E-state index >= 15 is 0 Å². The summed E-state index contributed by atoms with van der Waals surface area (Å²) < 4.78 is 25.3. The Morgan fingerprint density at radius 3 is 2.88 bits per heavy atom. The summed E-state index contributed by atoms with van der Waals surface area (Å²) in [6, 6.07) is 4.20. The van der Waals surface area contributed by atoms with E-state index < -0.39 is 10.0 Å². The number of guanidine groups is 1. The van der Waals surface area contributed by atoms with E-state index in [4.69, 9.17) is 0 Å². The van der Waals surface area contributed by atoms with Gasteiger partial charge in [0.15, 0.2) is 5.96 Å². The Hall–Kier alpha value is -0.390. The first-order chi connectivity index (χ1) is 11.4. The van der Waals surface area contributed by atoms with Gasteiger partial charge in [-0.2, -0.15) is 4.31 Å². The minimum Gasteiger partial charge on any atom is -0.357 e. The number of rotatable bonds is 7. The molecule has 1 N–H and O–H groups in total. The van der Waals surface area contributed by atoms with E-state index in [9.17, 15) is 8.42 Å². The Morgan fingerprint density at radius 1 is 1.52 bits per heavy atom. The summed E-state index contributed by atoms with van der Waals surface area (Å²) in [7, 11) is -1.11. The van der Waals surface area contributed by atoms with Gasteiger partial charge in [0.1, 0.15) is 0 Å². The van der Waals surface area contributed by atoms with Crippen LogP contribution in [0.5, 0.6) is 0 Å². The van der Waals surface area contributed by atoms with Crippen LogP contribution in [-0.2, 0) is 16.4 Å². The van der Waals surface area contributed by atoms with Gasteiger partial charge in [-0.1, -0.05) is 6.07 Å². The summed E-state index contributed by atoms with van der Waals surface area (Å²) in [5.41, 5.74) is 0. The number of hydrogen-bond acceptors (Lipinski definition) is 4. The molecule has 0 spiro atoms. The summed E-state index contributed by atoms with van der Waals surface area (Å²) >= 11 is 1.77. The third kappa shape index (κ3) is 7.03. The van der Waals surface area contributed by atoms with Crippen LogP contribution in [0, 0.1) is 0 Å². The van der Waals surface area contributed by atoms with Crippen LogP contribution in [0.25, 0.3) is 0 Å². The van der Waals surface area contributed by atoms with E-state index in [1.807, 2.05) is 14.0 Å².